The van der Waals surface area contributed by atoms with Gasteiger partial charge in [0.15, 0.2) is 9.84 Å². The van der Waals surface area contributed by atoms with Crippen molar-refractivity contribution in [3.8, 4) is 0 Å². The molecule has 0 aromatic heterocycles. The molecular formula is C10H20O4S. The van der Waals surface area contributed by atoms with Crippen LogP contribution in [0, 0.1) is 5.41 Å². The van der Waals surface area contributed by atoms with Gasteiger partial charge in [0.05, 0.1) is 23.7 Å². The summed E-state index contributed by atoms with van der Waals surface area (Å²) in [6.45, 7) is 3.55. The van der Waals surface area contributed by atoms with Crippen molar-refractivity contribution in [3.63, 3.8) is 0 Å². The number of sulfone groups is 1. The lowest BCUT2D eigenvalue weighted by Crippen LogP contribution is -2.49. The fourth-order valence-electron chi connectivity index (χ4n) is 2.32. The Morgan fingerprint density at radius 3 is 2.40 bits per heavy atom. The predicted octanol–water partition coefficient (Wildman–Crippen LogP) is 0.335. The molecule has 90 valence electrons. The second-order valence-electron chi connectivity index (χ2n) is 4.84. The van der Waals surface area contributed by atoms with Crippen molar-refractivity contribution in [2.45, 2.75) is 38.7 Å². The lowest BCUT2D eigenvalue weighted by molar-refractivity contribution is -0.0861. The van der Waals surface area contributed by atoms with E-state index in [-0.39, 0.29) is 24.5 Å². The van der Waals surface area contributed by atoms with Crippen LogP contribution >= 0.6 is 0 Å². The second kappa shape index (κ2) is 4.03. The van der Waals surface area contributed by atoms with Crippen molar-refractivity contribution in [1.82, 2.24) is 0 Å². The summed E-state index contributed by atoms with van der Waals surface area (Å²) >= 11 is 0. The van der Waals surface area contributed by atoms with Gasteiger partial charge in [0.2, 0.25) is 0 Å². The first-order valence-electron chi connectivity index (χ1n) is 5.32. The Balaban J connectivity index is 2.94. The highest BCUT2D eigenvalue weighted by atomic mass is 32.2. The van der Waals surface area contributed by atoms with Crippen LogP contribution in [0.2, 0.25) is 0 Å². The van der Waals surface area contributed by atoms with Crippen LogP contribution in [0.3, 0.4) is 0 Å². The number of rotatable bonds is 4. The van der Waals surface area contributed by atoms with Gasteiger partial charge in [-0.15, -0.1) is 0 Å². The molecule has 0 saturated carbocycles. The van der Waals surface area contributed by atoms with Gasteiger partial charge in [0.25, 0.3) is 0 Å². The fraction of sp³-hybridized carbons (Fsp3) is 1.00. The van der Waals surface area contributed by atoms with Gasteiger partial charge in [-0.2, -0.15) is 0 Å². The van der Waals surface area contributed by atoms with E-state index >= 15 is 0 Å². The molecule has 0 aliphatic carbocycles. The number of hydrogen-bond donors (Lipinski definition) is 2. The highest BCUT2D eigenvalue weighted by Crippen LogP contribution is 2.42. The molecule has 1 heterocycles. The first-order chi connectivity index (χ1) is 6.79. The van der Waals surface area contributed by atoms with Gasteiger partial charge in [-0.3, -0.25) is 0 Å². The lowest BCUT2D eigenvalue weighted by Gasteiger charge is -2.40. The molecule has 0 aromatic rings. The first kappa shape index (κ1) is 12.9. The van der Waals surface area contributed by atoms with Crippen LogP contribution in [0.25, 0.3) is 0 Å². The zero-order chi connectivity index (χ0) is 11.7. The summed E-state index contributed by atoms with van der Waals surface area (Å²) in [5.74, 6) is -0.181. The van der Waals surface area contributed by atoms with Crippen molar-refractivity contribution >= 4 is 9.84 Å². The van der Waals surface area contributed by atoms with Crippen molar-refractivity contribution in [3.05, 3.63) is 0 Å². The van der Waals surface area contributed by atoms with Gasteiger partial charge in [0.1, 0.15) is 0 Å². The van der Waals surface area contributed by atoms with Crippen LogP contribution in [-0.4, -0.2) is 42.3 Å². The lowest BCUT2D eigenvalue weighted by atomic mass is 9.70. The summed E-state index contributed by atoms with van der Waals surface area (Å²) in [6, 6.07) is 0. The normalized spacial score (nSPS) is 33.9. The molecule has 1 aliphatic heterocycles. The van der Waals surface area contributed by atoms with Crippen LogP contribution < -0.4 is 0 Å². The van der Waals surface area contributed by atoms with E-state index in [9.17, 15) is 18.6 Å². The van der Waals surface area contributed by atoms with E-state index in [1.165, 1.54) is 0 Å². The summed E-state index contributed by atoms with van der Waals surface area (Å²) in [7, 11) is -3.13. The largest absolute Gasteiger partial charge is 0.396 e. The Bertz CT molecular complexity index is 324. The van der Waals surface area contributed by atoms with Crippen LogP contribution in [0.4, 0.5) is 0 Å². The molecule has 4 nitrogen and oxygen atoms in total. The van der Waals surface area contributed by atoms with Gasteiger partial charge in [0, 0.05) is 5.41 Å². The van der Waals surface area contributed by atoms with Crippen LogP contribution in [0.5, 0.6) is 0 Å². The number of aliphatic hydroxyl groups is 2. The van der Waals surface area contributed by atoms with Crippen LogP contribution in [0.1, 0.15) is 33.1 Å². The van der Waals surface area contributed by atoms with Crippen molar-refractivity contribution in [2.75, 3.05) is 18.1 Å². The maximum Gasteiger partial charge on any atom is 0.153 e. The van der Waals surface area contributed by atoms with Gasteiger partial charge < -0.3 is 10.2 Å². The van der Waals surface area contributed by atoms with E-state index in [2.05, 4.69) is 0 Å². The monoisotopic (exact) mass is 236 g/mol. The zero-order valence-electron chi connectivity index (χ0n) is 9.36. The molecule has 2 N–H and O–H groups in total. The maximum absolute atomic E-state index is 11.4. The minimum atomic E-state index is -3.13. The van der Waals surface area contributed by atoms with E-state index in [0.29, 0.717) is 6.42 Å². The highest BCUT2D eigenvalue weighted by Gasteiger charge is 2.52. The van der Waals surface area contributed by atoms with E-state index in [1.54, 1.807) is 6.92 Å². The molecule has 0 bridgehead atoms. The molecule has 0 radical (unpaired) electrons. The molecule has 5 heteroatoms. The quantitative estimate of drug-likeness (QED) is 0.738. The van der Waals surface area contributed by atoms with Gasteiger partial charge in [-0.05, 0) is 12.8 Å². The molecule has 15 heavy (non-hydrogen) atoms. The third-order valence-electron chi connectivity index (χ3n) is 3.56. The van der Waals surface area contributed by atoms with Crippen molar-refractivity contribution < 1.29 is 18.6 Å². The Morgan fingerprint density at radius 2 is 2.07 bits per heavy atom. The molecule has 1 saturated heterocycles. The first-order valence-corrected chi connectivity index (χ1v) is 7.14. The van der Waals surface area contributed by atoms with E-state index in [4.69, 9.17) is 0 Å². The average molecular weight is 236 g/mol. The van der Waals surface area contributed by atoms with Crippen molar-refractivity contribution in [2.24, 2.45) is 5.41 Å². The Morgan fingerprint density at radius 1 is 1.47 bits per heavy atom. The van der Waals surface area contributed by atoms with Gasteiger partial charge in [-0.25, -0.2) is 8.42 Å². The third-order valence-corrected chi connectivity index (χ3v) is 5.30. The molecule has 0 aromatic carbocycles. The highest BCUT2D eigenvalue weighted by molar-refractivity contribution is 7.91. The topological polar surface area (TPSA) is 74.6 Å². The van der Waals surface area contributed by atoms with Crippen LogP contribution in [0.15, 0.2) is 0 Å². The SMILES string of the molecule is CCCC(C)(CO)C1(O)CCS(=O)(=O)C1. The minimum absolute atomic E-state index is 0.0306. The standard InChI is InChI=1S/C10H20O4S/c1-3-4-9(2,7-11)10(12)5-6-15(13,14)8-10/h11-12H,3-8H2,1-2H3. The summed E-state index contributed by atoms with van der Waals surface area (Å²) in [4.78, 5) is 0. The smallest absolute Gasteiger partial charge is 0.153 e. The summed E-state index contributed by atoms with van der Waals surface area (Å²) in [5, 5.41) is 19.7. The van der Waals surface area contributed by atoms with Gasteiger partial charge in [-0.1, -0.05) is 20.3 Å². The molecule has 2 atom stereocenters. The molecular weight excluding hydrogens is 216 g/mol. The average Bonchev–Trinajstić information content (AvgIpc) is 2.42. The minimum Gasteiger partial charge on any atom is -0.396 e. The van der Waals surface area contributed by atoms with Crippen LogP contribution in [-0.2, 0) is 9.84 Å². The number of aliphatic hydroxyl groups excluding tert-OH is 1. The van der Waals surface area contributed by atoms with E-state index in [0.717, 1.165) is 6.42 Å². The molecule has 1 aliphatic rings. The fourth-order valence-corrected chi connectivity index (χ4v) is 4.33. The Hall–Kier alpha value is -0.130. The summed E-state index contributed by atoms with van der Waals surface area (Å²) < 4.78 is 22.7. The van der Waals surface area contributed by atoms with Gasteiger partial charge >= 0.3 is 0 Å². The molecule has 0 amide bonds. The maximum atomic E-state index is 11.4. The molecule has 2 unspecified atom stereocenters. The summed E-state index contributed by atoms with van der Waals surface area (Å²) in [6.07, 6.45) is 1.70. The number of hydrogen-bond acceptors (Lipinski definition) is 4. The Labute approximate surface area is 91.2 Å². The van der Waals surface area contributed by atoms with Crippen molar-refractivity contribution in [1.29, 1.82) is 0 Å². The van der Waals surface area contributed by atoms with E-state index in [1.807, 2.05) is 6.92 Å². The Kier molecular flexibility index (Phi) is 3.48. The zero-order valence-corrected chi connectivity index (χ0v) is 10.2. The molecule has 1 fully saturated rings. The predicted molar refractivity (Wildman–Crippen MR) is 58.3 cm³/mol. The summed E-state index contributed by atoms with van der Waals surface area (Å²) in [5.41, 5.74) is -1.96. The van der Waals surface area contributed by atoms with E-state index < -0.39 is 20.9 Å². The molecule has 0 spiro atoms. The molecule has 1 rings (SSSR count). The second-order valence-corrected chi connectivity index (χ2v) is 7.03. The third kappa shape index (κ3) is 2.34.